The smallest absolute Gasteiger partial charge is 0.241 e. The number of hydrogen-bond donors (Lipinski definition) is 0. The van der Waals surface area contributed by atoms with Gasteiger partial charge >= 0.3 is 0 Å². The Hall–Kier alpha value is -2.25. The van der Waals surface area contributed by atoms with E-state index in [1.54, 1.807) is 17.0 Å². The van der Waals surface area contributed by atoms with Gasteiger partial charge in [-0.1, -0.05) is 30.3 Å². The lowest BCUT2D eigenvalue weighted by Gasteiger charge is -2.43. The highest BCUT2D eigenvalue weighted by Crippen LogP contribution is 2.31. The quantitative estimate of drug-likeness (QED) is 0.803. The molecule has 7 heteroatoms. The van der Waals surface area contributed by atoms with Crippen LogP contribution in [0.2, 0.25) is 0 Å². The fourth-order valence-corrected chi connectivity index (χ4v) is 6.03. The number of piperazine rings is 1. The van der Waals surface area contributed by atoms with Crippen molar-refractivity contribution in [2.24, 2.45) is 0 Å². The summed E-state index contributed by atoms with van der Waals surface area (Å²) in [5.74, 6) is -0.311. The van der Waals surface area contributed by atoms with Gasteiger partial charge in [0.1, 0.15) is 5.82 Å². The largest absolute Gasteiger partial charge is 0.306 e. The molecular weight excluding hydrogens is 367 g/mol. The zero-order valence-electron chi connectivity index (χ0n) is 14.8. The van der Waals surface area contributed by atoms with E-state index in [9.17, 15) is 17.6 Å². The Bertz CT molecular complexity index is 931. The number of anilines is 1. The van der Waals surface area contributed by atoms with E-state index in [1.165, 1.54) is 12.1 Å². The average molecular weight is 388 g/mol. The van der Waals surface area contributed by atoms with Crippen LogP contribution >= 0.6 is 0 Å². The number of rotatable bonds is 4. The SMILES string of the molecule is O=C1CN(CCc2ccc(F)cc2)[C@H]2CS(=O)(=O)C[C@@H]2N1c1ccccc1. The van der Waals surface area contributed by atoms with Gasteiger partial charge in [0.25, 0.3) is 0 Å². The van der Waals surface area contributed by atoms with Gasteiger partial charge in [-0.25, -0.2) is 12.8 Å². The zero-order valence-corrected chi connectivity index (χ0v) is 15.6. The summed E-state index contributed by atoms with van der Waals surface area (Å²) in [6.45, 7) is 0.753. The van der Waals surface area contributed by atoms with Gasteiger partial charge < -0.3 is 4.90 Å². The molecule has 2 saturated heterocycles. The molecule has 0 spiro atoms. The number of fused-ring (bicyclic) bond motifs is 1. The summed E-state index contributed by atoms with van der Waals surface area (Å²) in [5.41, 5.74) is 1.71. The number of amides is 1. The van der Waals surface area contributed by atoms with E-state index in [-0.39, 0.29) is 41.9 Å². The summed E-state index contributed by atoms with van der Waals surface area (Å²) >= 11 is 0. The van der Waals surface area contributed by atoms with Crippen molar-refractivity contribution in [3.63, 3.8) is 0 Å². The summed E-state index contributed by atoms with van der Waals surface area (Å²) in [5, 5.41) is 0. The minimum atomic E-state index is -3.20. The summed E-state index contributed by atoms with van der Waals surface area (Å²) in [6, 6.07) is 14.9. The molecule has 5 nitrogen and oxygen atoms in total. The zero-order chi connectivity index (χ0) is 19.0. The number of carbonyl (C=O) groups is 1. The predicted octanol–water partition coefficient (Wildman–Crippen LogP) is 1.88. The molecule has 2 aromatic carbocycles. The fraction of sp³-hybridized carbons (Fsp3) is 0.350. The number of hydrogen-bond acceptors (Lipinski definition) is 4. The third-order valence-electron chi connectivity index (χ3n) is 5.34. The summed E-state index contributed by atoms with van der Waals surface area (Å²) in [7, 11) is -3.20. The van der Waals surface area contributed by atoms with Crippen molar-refractivity contribution in [2.45, 2.75) is 18.5 Å². The van der Waals surface area contributed by atoms with Crippen LogP contribution in [0.25, 0.3) is 0 Å². The van der Waals surface area contributed by atoms with Crippen LogP contribution in [-0.4, -0.2) is 55.9 Å². The van der Waals surface area contributed by atoms with Crippen LogP contribution < -0.4 is 4.90 Å². The molecule has 2 fully saturated rings. The van der Waals surface area contributed by atoms with E-state index in [4.69, 9.17) is 0 Å². The molecule has 2 aliphatic rings. The van der Waals surface area contributed by atoms with Crippen LogP contribution in [0.1, 0.15) is 5.56 Å². The lowest BCUT2D eigenvalue weighted by Crippen LogP contribution is -2.62. The molecular formula is C20H21FN2O3S. The van der Waals surface area contributed by atoms with Gasteiger partial charge in [0.2, 0.25) is 5.91 Å². The molecule has 0 saturated carbocycles. The van der Waals surface area contributed by atoms with Gasteiger partial charge in [0.15, 0.2) is 9.84 Å². The van der Waals surface area contributed by atoms with E-state index >= 15 is 0 Å². The lowest BCUT2D eigenvalue weighted by atomic mass is 10.0. The molecule has 2 heterocycles. The minimum absolute atomic E-state index is 0.00858. The van der Waals surface area contributed by atoms with E-state index < -0.39 is 9.84 Å². The third kappa shape index (κ3) is 3.75. The van der Waals surface area contributed by atoms with E-state index in [0.29, 0.717) is 13.0 Å². The first kappa shape index (κ1) is 18.1. The molecule has 27 heavy (non-hydrogen) atoms. The van der Waals surface area contributed by atoms with Gasteiger partial charge in [-0.2, -0.15) is 0 Å². The normalized spacial score (nSPS) is 24.8. The topological polar surface area (TPSA) is 57.7 Å². The van der Waals surface area contributed by atoms with Gasteiger partial charge in [-0.05, 0) is 36.2 Å². The molecule has 1 amide bonds. The lowest BCUT2D eigenvalue weighted by molar-refractivity contribution is -0.123. The Balaban J connectivity index is 1.57. The number of halogens is 1. The van der Waals surface area contributed by atoms with Crippen molar-refractivity contribution in [1.82, 2.24) is 4.90 Å². The predicted molar refractivity (Wildman–Crippen MR) is 102 cm³/mol. The van der Waals surface area contributed by atoms with Crippen molar-refractivity contribution in [3.05, 3.63) is 66.0 Å². The third-order valence-corrected chi connectivity index (χ3v) is 7.04. The van der Waals surface area contributed by atoms with E-state index in [0.717, 1.165) is 11.3 Å². The average Bonchev–Trinajstić information content (AvgIpc) is 2.96. The number of sulfone groups is 1. The Kier molecular flexibility index (Phi) is 4.74. The summed E-state index contributed by atoms with van der Waals surface area (Å²) in [4.78, 5) is 16.5. The van der Waals surface area contributed by atoms with Crippen molar-refractivity contribution >= 4 is 21.4 Å². The molecule has 2 atom stereocenters. The van der Waals surface area contributed by atoms with Crippen LogP contribution in [0.5, 0.6) is 0 Å². The van der Waals surface area contributed by atoms with Crippen molar-refractivity contribution < 1.29 is 17.6 Å². The number of nitrogens with zero attached hydrogens (tertiary/aromatic N) is 2. The first-order valence-electron chi connectivity index (χ1n) is 8.99. The van der Waals surface area contributed by atoms with Gasteiger partial charge in [-0.15, -0.1) is 0 Å². The monoisotopic (exact) mass is 388 g/mol. The molecule has 0 radical (unpaired) electrons. The molecule has 0 bridgehead atoms. The first-order valence-corrected chi connectivity index (χ1v) is 10.8. The highest BCUT2D eigenvalue weighted by atomic mass is 32.2. The Morgan fingerprint density at radius 1 is 0.963 bits per heavy atom. The van der Waals surface area contributed by atoms with Crippen LogP contribution in [0.15, 0.2) is 54.6 Å². The van der Waals surface area contributed by atoms with Crippen molar-refractivity contribution in [2.75, 3.05) is 29.5 Å². The molecule has 0 unspecified atom stereocenters. The molecule has 0 aliphatic carbocycles. The van der Waals surface area contributed by atoms with E-state index in [2.05, 4.69) is 0 Å². The summed E-state index contributed by atoms with van der Waals surface area (Å²) in [6.07, 6.45) is 0.641. The molecule has 2 aromatic rings. The van der Waals surface area contributed by atoms with Crippen molar-refractivity contribution in [3.8, 4) is 0 Å². The number of para-hydroxylation sites is 1. The second-order valence-corrected chi connectivity index (χ2v) is 9.31. The Labute approximate surface area is 158 Å². The van der Waals surface area contributed by atoms with Crippen LogP contribution in [-0.2, 0) is 21.1 Å². The standard InChI is InChI=1S/C20H21FN2O3S/c21-16-8-6-15(7-9-16)10-11-22-12-20(24)23(17-4-2-1-3-5-17)19-14-27(25,26)13-18(19)22/h1-9,18-19H,10-14H2/t18-,19-/m0/s1. The number of carbonyl (C=O) groups excluding carboxylic acids is 1. The first-order chi connectivity index (χ1) is 12.9. The van der Waals surface area contributed by atoms with Crippen LogP contribution in [0, 0.1) is 5.82 Å². The Morgan fingerprint density at radius 2 is 1.63 bits per heavy atom. The second kappa shape index (κ2) is 7.05. The highest BCUT2D eigenvalue weighted by Gasteiger charge is 2.49. The molecule has 0 aromatic heterocycles. The summed E-state index contributed by atoms with van der Waals surface area (Å²) < 4.78 is 37.7. The minimum Gasteiger partial charge on any atom is -0.306 e. The molecule has 142 valence electrons. The maximum atomic E-state index is 13.1. The maximum Gasteiger partial charge on any atom is 0.241 e. The molecule has 2 aliphatic heterocycles. The second-order valence-electron chi connectivity index (χ2n) is 7.16. The molecule has 4 rings (SSSR count). The van der Waals surface area contributed by atoms with Crippen molar-refractivity contribution in [1.29, 1.82) is 0 Å². The number of benzene rings is 2. The fourth-order valence-electron chi connectivity index (χ4n) is 4.05. The molecule has 0 N–H and O–H groups in total. The van der Waals surface area contributed by atoms with E-state index in [1.807, 2.05) is 35.2 Å². The van der Waals surface area contributed by atoms with Crippen LogP contribution in [0.3, 0.4) is 0 Å². The van der Waals surface area contributed by atoms with Gasteiger partial charge in [-0.3, -0.25) is 9.69 Å². The van der Waals surface area contributed by atoms with Gasteiger partial charge in [0, 0.05) is 18.3 Å². The Morgan fingerprint density at radius 3 is 2.33 bits per heavy atom. The maximum absolute atomic E-state index is 13.1. The highest BCUT2D eigenvalue weighted by molar-refractivity contribution is 7.91. The van der Waals surface area contributed by atoms with Crippen LogP contribution in [0.4, 0.5) is 10.1 Å². The van der Waals surface area contributed by atoms with Gasteiger partial charge in [0.05, 0.1) is 24.1 Å².